The summed E-state index contributed by atoms with van der Waals surface area (Å²) in [6.07, 6.45) is -0.900. The summed E-state index contributed by atoms with van der Waals surface area (Å²) in [7, 11) is 3.01. The van der Waals surface area contributed by atoms with Crippen LogP contribution in [0, 0.1) is 0 Å². The van der Waals surface area contributed by atoms with Gasteiger partial charge in [-0.25, -0.2) is 0 Å². The molecule has 22 heavy (non-hydrogen) atoms. The summed E-state index contributed by atoms with van der Waals surface area (Å²) in [6, 6.07) is 10.2. The molecule has 2 aromatic rings. The molecule has 0 saturated heterocycles. The summed E-state index contributed by atoms with van der Waals surface area (Å²) in [4.78, 5) is 0. The average molecular weight is 324 g/mol. The molecule has 5 nitrogen and oxygen atoms in total. The minimum Gasteiger partial charge on any atom is -0.496 e. The molecule has 118 valence electrons. The zero-order chi connectivity index (χ0) is 16.1. The molecule has 0 amide bonds. The van der Waals surface area contributed by atoms with Gasteiger partial charge in [-0.1, -0.05) is 17.7 Å². The third-order valence-corrected chi connectivity index (χ3v) is 3.42. The summed E-state index contributed by atoms with van der Waals surface area (Å²) in [5.41, 5.74) is 6.81. The monoisotopic (exact) mass is 323 g/mol. The number of rotatable bonds is 6. The number of hydrogen-bond acceptors (Lipinski definition) is 5. The maximum absolute atomic E-state index is 10.3. The standard InChI is InChI=1S/C16H18ClNO4/c1-20-15-8-13(17)16(21-2)7-12(15)14(19)9-22-11-5-3-4-10(18)6-11/h3-8,14,19H,9,18H2,1-2H3. The normalized spacial score (nSPS) is 11.8. The lowest BCUT2D eigenvalue weighted by atomic mass is 10.1. The number of nitrogen functional groups attached to an aromatic ring is 1. The number of benzene rings is 2. The second-order valence-electron chi connectivity index (χ2n) is 4.63. The van der Waals surface area contributed by atoms with Crippen molar-refractivity contribution in [3.8, 4) is 17.2 Å². The number of methoxy groups -OCH3 is 2. The average Bonchev–Trinajstić information content (AvgIpc) is 2.52. The highest BCUT2D eigenvalue weighted by atomic mass is 35.5. The largest absolute Gasteiger partial charge is 0.496 e. The molecule has 0 heterocycles. The van der Waals surface area contributed by atoms with Gasteiger partial charge in [0, 0.05) is 23.4 Å². The number of aliphatic hydroxyl groups excluding tert-OH is 1. The lowest BCUT2D eigenvalue weighted by molar-refractivity contribution is 0.105. The third-order valence-electron chi connectivity index (χ3n) is 3.13. The number of nitrogens with two attached hydrogens (primary N) is 1. The van der Waals surface area contributed by atoms with Crippen molar-refractivity contribution in [1.29, 1.82) is 0 Å². The zero-order valence-corrected chi connectivity index (χ0v) is 13.1. The van der Waals surface area contributed by atoms with Crippen molar-refractivity contribution in [3.63, 3.8) is 0 Å². The van der Waals surface area contributed by atoms with Crippen molar-refractivity contribution >= 4 is 17.3 Å². The number of hydrogen-bond donors (Lipinski definition) is 2. The van der Waals surface area contributed by atoms with E-state index >= 15 is 0 Å². The lowest BCUT2D eigenvalue weighted by Gasteiger charge is -2.17. The van der Waals surface area contributed by atoms with Gasteiger partial charge in [-0.15, -0.1) is 0 Å². The van der Waals surface area contributed by atoms with Crippen molar-refractivity contribution in [1.82, 2.24) is 0 Å². The molecule has 0 radical (unpaired) electrons. The van der Waals surface area contributed by atoms with Gasteiger partial charge in [-0.2, -0.15) is 0 Å². The predicted octanol–water partition coefficient (Wildman–Crippen LogP) is 3.05. The smallest absolute Gasteiger partial charge is 0.138 e. The Morgan fingerprint density at radius 1 is 1.14 bits per heavy atom. The van der Waals surface area contributed by atoms with Crippen molar-refractivity contribution in [2.75, 3.05) is 26.6 Å². The van der Waals surface area contributed by atoms with Crippen LogP contribution in [0.4, 0.5) is 5.69 Å². The van der Waals surface area contributed by atoms with E-state index in [0.29, 0.717) is 33.5 Å². The summed E-state index contributed by atoms with van der Waals surface area (Å²) >= 11 is 6.04. The maximum Gasteiger partial charge on any atom is 0.138 e. The van der Waals surface area contributed by atoms with Gasteiger partial charge in [-0.05, 0) is 18.2 Å². The second-order valence-corrected chi connectivity index (χ2v) is 5.04. The highest BCUT2D eigenvalue weighted by Gasteiger charge is 2.18. The fourth-order valence-electron chi connectivity index (χ4n) is 2.01. The number of anilines is 1. The number of halogens is 1. The SMILES string of the molecule is COc1cc(C(O)COc2cccc(N)c2)c(OC)cc1Cl. The molecule has 0 saturated carbocycles. The Morgan fingerprint density at radius 2 is 1.86 bits per heavy atom. The molecular weight excluding hydrogens is 306 g/mol. The van der Waals surface area contributed by atoms with Crippen LogP contribution in [-0.4, -0.2) is 25.9 Å². The van der Waals surface area contributed by atoms with E-state index in [2.05, 4.69) is 0 Å². The van der Waals surface area contributed by atoms with Crippen LogP contribution in [0.15, 0.2) is 36.4 Å². The first kappa shape index (κ1) is 16.3. The fourth-order valence-corrected chi connectivity index (χ4v) is 2.24. The van der Waals surface area contributed by atoms with E-state index in [4.69, 9.17) is 31.5 Å². The van der Waals surface area contributed by atoms with E-state index in [-0.39, 0.29) is 6.61 Å². The molecule has 0 fully saturated rings. The van der Waals surface area contributed by atoms with E-state index in [1.54, 1.807) is 36.4 Å². The lowest BCUT2D eigenvalue weighted by Crippen LogP contribution is -2.11. The minimum absolute atomic E-state index is 0.0462. The van der Waals surface area contributed by atoms with Crippen LogP contribution in [-0.2, 0) is 0 Å². The molecule has 0 aromatic heterocycles. The van der Waals surface area contributed by atoms with E-state index in [1.165, 1.54) is 14.2 Å². The first-order valence-electron chi connectivity index (χ1n) is 6.63. The van der Waals surface area contributed by atoms with Gasteiger partial charge in [0.2, 0.25) is 0 Å². The third kappa shape index (κ3) is 3.75. The highest BCUT2D eigenvalue weighted by molar-refractivity contribution is 6.32. The van der Waals surface area contributed by atoms with Crippen LogP contribution in [0.5, 0.6) is 17.2 Å². The van der Waals surface area contributed by atoms with E-state index < -0.39 is 6.10 Å². The molecule has 3 N–H and O–H groups in total. The number of ether oxygens (including phenoxy) is 3. The van der Waals surface area contributed by atoms with Crippen molar-refractivity contribution in [2.45, 2.75) is 6.10 Å². The van der Waals surface area contributed by atoms with Crippen molar-refractivity contribution < 1.29 is 19.3 Å². The van der Waals surface area contributed by atoms with Crippen LogP contribution in [0.3, 0.4) is 0 Å². The highest BCUT2D eigenvalue weighted by Crippen LogP contribution is 2.35. The first-order chi connectivity index (χ1) is 10.5. The molecule has 0 aliphatic rings. The topological polar surface area (TPSA) is 73.9 Å². The summed E-state index contributed by atoms with van der Waals surface area (Å²) in [6.45, 7) is 0.0462. The molecular formula is C16H18ClNO4. The molecule has 0 aliphatic heterocycles. The van der Waals surface area contributed by atoms with Gasteiger partial charge in [0.15, 0.2) is 0 Å². The molecule has 2 rings (SSSR count). The molecule has 0 spiro atoms. The maximum atomic E-state index is 10.3. The molecule has 1 atom stereocenters. The molecule has 2 aromatic carbocycles. The molecule has 1 unspecified atom stereocenters. The Labute approximate surface area is 134 Å². The van der Waals surface area contributed by atoms with E-state index in [0.717, 1.165) is 0 Å². The fraction of sp³-hybridized carbons (Fsp3) is 0.250. The van der Waals surface area contributed by atoms with E-state index in [1.807, 2.05) is 0 Å². The van der Waals surface area contributed by atoms with Crippen LogP contribution in [0.25, 0.3) is 0 Å². The van der Waals surface area contributed by atoms with Crippen LogP contribution in [0.2, 0.25) is 5.02 Å². The Hall–Kier alpha value is -2.11. The Balaban J connectivity index is 2.16. The van der Waals surface area contributed by atoms with Gasteiger partial charge < -0.3 is 25.1 Å². The Morgan fingerprint density at radius 3 is 2.50 bits per heavy atom. The van der Waals surface area contributed by atoms with Crippen LogP contribution >= 0.6 is 11.6 Å². The van der Waals surface area contributed by atoms with Crippen LogP contribution < -0.4 is 19.9 Å². The zero-order valence-electron chi connectivity index (χ0n) is 12.4. The van der Waals surface area contributed by atoms with Crippen LogP contribution in [0.1, 0.15) is 11.7 Å². The molecule has 6 heteroatoms. The quantitative estimate of drug-likeness (QED) is 0.799. The predicted molar refractivity (Wildman–Crippen MR) is 85.9 cm³/mol. The van der Waals surface area contributed by atoms with Gasteiger partial charge in [0.05, 0.1) is 19.2 Å². The molecule has 0 bridgehead atoms. The van der Waals surface area contributed by atoms with Crippen molar-refractivity contribution in [3.05, 3.63) is 47.0 Å². The van der Waals surface area contributed by atoms with Gasteiger partial charge in [0.25, 0.3) is 0 Å². The van der Waals surface area contributed by atoms with Crippen molar-refractivity contribution in [2.24, 2.45) is 0 Å². The Kier molecular flexibility index (Phi) is 5.35. The number of aliphatic hydroxyl groups is 1. The minimum atomic E-state index is -0.900. The van der Waals surface area contributed by atoms with Gasteiger partial charge in [-0.3, -0.25) is 0 Å². The summed E-state index contributed by atoms with van der Waals surface area (Å²) < 4.78 is 15.9. The van der Waals surface area contributed by atoms with Gasteiger partial charge >= 0.3 is 0 Å². The summed E-state index contributed by atoms with van der Waals surface area (Å²) in [5, 5.41) is 10.7. The van der Waals surface area contributed by atoms with E-state index in [9.17, 15) is 5.11 Å². The Bertz CT molecular complexity index is 648. The molecule has 0 aliphatic carbocycles. The first-order valence-corrected chi connectivity index (χ1v) is 7.00. The van der Waals surface area contributed by atoms with Gasteiger partial charge in [0.1, 0.15) is 30.0 Å². The second kappa shape index (κ2) is 7.24. The summed E-state index contributed by atoms with van der Waals surface area (Å²) in [5.74, 6) is 1.51.